The van der Waals surface area contributed by atoms with Crippen LogP contribution in [0.1, 0.15) is 55.8 Å². The first-order valence-corrected chi connectivity index (χ1v) is 10.3. The van der Waals surface area contributed by atoms with Gasteiger partial charge in [0.05, 0.1) is 0 Å². The van der Waals surface area contributed by atoms with E-state index in [2.05, 4.69) is 29.6 Å². The monoisotopic (exact) mass is 353 g/mol. The lowest BCUT2D eigenvalue weighted by atomic mass is 9.96. The zero-order valence-electron chi connectivity index (χ0n) is 14.7. The maximum absolute atomic E-state index is 13.1. The molecule has 1 aliphatic carbocycles. The molecule has 1 atom stereocenters. The van der Waals surface area contributed by atoms with Gasteiger partial charge in [0, 0.05) is 10.9 Å². The summed E-state index contributed by atoms with van der Waals surface area (Å²) in [5, 5.41) is 3.15. The molecule has 1 N–H and O–H groups in total. The largest absolute Gasteiger partial charge is 0.352 e. The zero-order chi connectivity index (χ0) is 17.3. The van der Waals surface area contributed by atoms with Crippen molar-refractivity contribution in [3.63, 3.8) is 0 Å². The molecule has 3 heteroatoms. The molecule has 0 radical (unpaired) electrons. The molecule has 2 nitrogen and oxygen atoms in total. The van der Waals surface area contributed by atoms with Crippen LogP contribution in [0.25, 0.3) is 0 Å². The Hall–Kier alpha value is -1.74. The molecule has 1 saturated carbocycles. The summed E-state index contributed by atoms with van der Waals surface area (Å²) in [5.41, 5.74) is 1.07. The summed E-state index contributed by atoms with van der Waals surface area (Å²) in [7, 11) is 0. The fourth-order valence-corrected chi connectivity index (χ4v) is 4.47. The standard InChI is InChI=1S/C22H27NOS/c24-22(23-19-14-8-2-1-3-9-15-19)21(18-12-6-4-7-13-18)25-20-16-10-5-11-17-20/h4-7,10-13,16-17,19,21H,1-3,8-9,14-15H2,(H,23,24)/t21-/m0/s1. The normalized spacial score (nSPS) is 17.3. The van der Waals surface area contributed by atoms with Gasteiger partial charge in [-0.1, -0.05) is 80.6 Å². The lowest BCUT2D eigenvalue weighted by Crippen LogP contribution is -2.37. The van der Waals surface area contributed by atoms with Gasteiger partial charge in [-0.25, -0.2) is 0 Å². The van der Waals surface area contributed by atoms with Gasteiger partial charge < -0.3 is 5.32 Å². The minimum atomic E-state index is -0.200. The molecular weight excluding hydrogens is 326 g/mol. The lowest BCUT2D eigenvalue weighted by Gasteiger charge is -2.24. The molecule has 0 aromatic heterocycles. The fraction of sp³-hybridized carbons (Fsp3) is 0.409. The highest BCUT2D eigenvalue weighted by Gasteiger charge is 2.24. The Balaban J connectivity index is 1.72. The topological polar surface area (TPSA) is 29.1 Å². The van der Waals surface area contributed by atoms with Gasteiger partial charge in [-0.2, -0.15) is 0 Å². The van der Waals surface area contributed by atoms with Crippen LogP contribution >= 0.6 is 11.8 Å². The molecule has 0 aliphatic heterocycles. The number of thioether (sulfide) groups is 1. The highest BCUT2D eigenvalue weighted by Crippen LogP contribution is 2.35. The lowest BCUT2D eigenvalue weighted by molar-refractivity contribution is -0.121. The van der Waals surface area contributed by atoms with Crippen molar-refractivity contribution in [3.8, 4) is 0 Å². The summed E-state index contributed by atoms with van der Waals surface area (Å²) in [6.45, 7) is 0. The van der Waals surface area contributed by atoms with Gasteiger partial charge in [0.15, 0.2) is 0 Å². The Kier molecular flexibility index (Phi) is 6.99. The van der Waals surface area contributed by atoms with Crippen molar-refractivity contribution in [3.05, 3.63) is 66.2 Å². The van der Waals surface area contributed by atoms with Crippen LogP contribution in [0.3, 0.4) is 0 Å². The van der Waals surface area contributed by atoms with E-state index in [0.29, 0.717) is 6.04 Å². The quantitative estimate of drug-likeness (QED) is 0.694. The van der Waals surface area contributed by atoms with Crippen molar-refractivity contribution >= 4 is 17.7 Å². The first-order chi connectivity index (χ1) is 12.3. The number of benzene rings is 2. The van der Waals surface area contributed by atoms with E-state index in [9.17, 15) is 4.79 Å². The van der Waals surface area contributed by atoms with Crippen LogP contribution < -0.4 is 5.32 Å². The van der Waals surface area contributed by atoms with Crippen molar-refractivity contribution in [2.45, 2.75) is 61.1 Å². The first-order valence-electron chi connectivity index (χ1n) is 9.40. The minimum absolute atomic E-state index is 0.144. The van der Waals surface area contributed by atoms with Crippen molar-refractivity contribution in [2.75, 3.05) is 0 Å². The van der Waals surface area contributed by atoms with E-state index >= 15 is 0 Å². The van der Waals surface area contributed by atoms with Crippen LogP contribution in [0.4, 0.5) is 0 Å². The van der Waals surface area contributed by atoms with Crippen molar-refractivity contribution in [1.29, 1.82) is 0 Å². The van der Waals surface area contributed by atoms with E-state index in [4.69, 9.17) is 0 Å². The predicted molar refractivity (Wildman–Crippen MR) is 106 cm³/mol. The third-order valence-corrected chi connectivity index (χ3v) is 6.06. The van der Waals surface area contributed by atoms with Crippen molar-refractivity contribution in [2.24, 2.45) is 0 Å². The molecule has 0 spiro atoms. The molecule has 1 fully saturated rings. The van der Waals surface area contributed by atoms with Crippen molar-refractivity contribution < 1.29 is 4.79 Å². The Morgan fingerprint density at radius 2 is 1.40 bits per heavy atom. The molecule has 1 aliphatic rings. The number of carbonyl (C=O) groups excluding carboxylic acids is 1. The summed E-state index contributed by atoms with van der Waals surface area (Å²) in [4.78, 5) is 14.2. The van der Waals surface area contributed by atoms with Gasteiger partial charge in [-0.05, 0) is 30.5 Å². The second-order valence-corrected chi connectivity index (χ2v) is 7.95. The molecule has 0 bridgehead atoms. The molecular formula is C22H27NOS. The van der Waals surface area contributed by atoms with Crippen LogP contribution in [0.5, 0.6) is 0 Å². The van der Waals surface area contributed by atoms with Crippen LogP contribution in [0.2, 0.25) is 0 Å². The minimum Gasteiger partial charge on any atom is -0.352 e. The van der Waals surface area contributed by atoms with Gasteiger partial charge >= 0.3 is 0 Å². The van der Waals surface area contributed by atoms with E-state index in [1.54, 1.807) is 11.8 Å². The molecule has 25 heavy (non-hydrogen) atoms. The number of rotatable bonds is 5. The Labute approximate surface area is 155 Å². The summed E-state index contributed by atoms with van der Waals surface area (Å²) < 4.78 is 0. The summed E-state index contributed by atoms with van der Waals surface area (Å²) in [5.74, 6) is 0.144. The average molecular weight is 354 g/mol. The zero-order valence-corrected chi connectivity index (χ0v) is 15.5. The Morgan fingerprint density at radius 3 is 2.04 bits per heavy atom. The number of hydrogen-bond donors (Lipinski definition) is 1. The number of amides is 1. The van der Waals surface area contributed by atoms with E-state index in [-0.39, 0.29) is 11.2 Å². The maximum atomic E-state index is 13.1. The van der Waals surface area contributed by atoms with Gasteiger partial charge in [-0.15, -0.1) is 11.8 Å². The fourth-order valence-electron chi connectivity index (χ4n) is 3.41. The highest BCUT2D eigenvalue weighted by atomic mass is 32.2. The first kappa shape index (κ1) is 18.1. The smallest absolute Gasteiger partial charge is 0.238 e. The third kappa shape index (κ3) is 5.64. The third-order valence-electron chi connectivity index (χ3n) is 4.79. The van der Waals surface area contributed by atoms with E-state index < -0.39 is 0 Å². The second-order valence-electron chi connectivity index (χ2n) is 6.77. The second kappa shape index (κ2) is 9.67. The van der Waals surface area contributed by atoms with Crippen LogP contribution in [0.15, 0.2) is 65.6 Å². The molecule has 0 saturated heterocycles. The van der Waals surface area contributed by atoms with Gasteiger partial charge in [0.25, 0.3) is 0 Å². The average Bonchev–Trinajstić information content (AvgIpc) is 2.63. The van der Waals surface area contributed by atoms with Crippen LogP contribution in [0, 0.1) is 0 Å². The van der Waals surface area contributed by atoms with Crippen LogP contribution in [-0.4, -0.2) is 11.9 Å². The van der Waals surface area contributed by atoms with Gasteiger partial charge in [0.2, 0.25) is 5.91 Å². The summed E-state index contributed by atoms with van der Waals surface area (Å²) in [6, 6.07) is 20.7. The van der Waals surface area contributed by atoms with E-state index in [0.717, 1.165) is 23.3 Å². The van der Waals surface area contributed by atoms with Crippen LogP contribution in [-0.2, 0) is 4.79 Å². The van der Waals surface area contributed by atoms with E-state index in [1.165, 1.54) is 32.1 Å². The Morgan fingerprint density at radius 1 is 0.840 bits per heavy atom. The van der Waals surface area contributed by atoms with E-state index in [1.807, 2.05) is 36.4 Å². The molecule has 0 heterocycles. The molecule has 2 aromatic rings. The molecule has 1 amide bonds. The molecule has 0 unspecified atom stereocenters. The van der Waals surface area contributed by atoms with Crippen molar-refractivity contribution in [1.82, 2.24) is 5.32 Å². The summed E-state index contributed by atoms with van der Waals surface area (Å²) in [6.07, 6.45) is 8.63. The highest BCUT2D eigenvalue weighted by molar-refractivity contribution is 8.00. The van der Waals surface area contributed by atoms with Gasteiger partial charge in [-0.3, -0.25) is 4.79 Å². The Bertz CT molecular complexity index is 636. The predicted octanol–water partition coefficient (Wildman–Crippen LogP) is 5.75. The SMILES string of the molecule is O=C(NC1CCCCCCC1)[C@@H](Sc1ccccc1)c1ccccc1. The molecule has 2 aromatic carbocycles. The molecule has 132 valence electrons. The number of carbonyl (C=O) groups is 1. The maximum Gasteiger partial charge on any atom is 0.238 e. The number of hydrogen-bond acceptors (Lipinski definition) is 2. The number of nitrogens with one attached hydrogen (secondary N) is 1. The van der Waals surface area contributed by atoms with Gasteiger partial charge in [0.1, 0.15) is 5.25 Å². The summed E-state index contributed by atoms with van der Waals surface area (Å²) >= 11 is 1.64. The molecule has 3 rings (SSSR count).